The maximum atomic E-state index is 14.1. The van der Waals surface area contributed by atoms with Crippen LogP contribution >= 0.6 is 0 Å². The van der Waals surface area contributed by atoms with Gasteiger partial charge < -0.3 is 16.4 Å². The van der Waals surface area contributed by atoms with Gasteiger partial charge in [-0.25, -0.2) is 8.42 Å². The zero-order valence-electron chi connectivity index (χ0n) is 20.1. The van der Waals surface area contributed by atoms with Crippen molar-refractivity contribution in [2.45, 2.75) is 36.6 Å². The third-order valence-electron chi connectivity index (χ3n) is 7.39. The molecule has 2 aliphatic heterocycles. The van der Waals surface area contributed by atoms with Gasteiger partial charge in [-0.05, 0) is 66.3 Å². The molecular formula is C27H31N5O3S. The Kier molecular flexibility index (Phi) is 6.44. The molecule has 5 N–H and O–H groups in total. The van der Waals surface area contributed by atoms with Gasteiger partial charge in [-0.3, -0.25) is 14.5 Å². The Labute approximate surface area is 211 Å². The Morgan fingerprint density at radius 3 is 2.42 bits per heavy atom. The number of hydrogen-bond donors (Lipinski definition) is 3. The Hall–Kier alpha value is -3.43. The molecule has 1 saturated heterocycles. The number of sulfonamides is 1. The van der Waals surface area contributed by atoms with Gasteiger partial charge in [0, 0.05) is 25.1 Å². The van der Waals surface area contributed by atoms with E-state index in [0.29, 0.717) is 36.8 Å². The Bertz CT molecular complexity index is 1430. The van der Waals surface area contributed by atoms with Crippen molar-refractivity contribution in [1.82, 2.24) is 4.90 Å². The highest BCUT2D eigenvalue weighted by atomic mass is 32.2. The third kappa shape index (κ3) is 4.33. The Morgan fingerprint density at radius 2 is 1.72 bits per heavy atom. The van der Waals surface area contributed by atoms with E-state index in [4.69, 9.17) is 16.9 Å². The normalized spacial score (nSPS) is 18.4. The van der Waals surface area contributed by atoms with E-state index in [1.165, 1.54) is 4.31 Å². The molecule has 0 aliphatic carbocycles. The summed E-state index contributed by atoms with van der Waals surface area (Å²) >= 11 is 0. The second-order valence-corrected chi connectivity index (χ2v) is 11.4. The summed E-state index contributed by atoms with van der Waals surface area (Å²) in [6.07, 6.45) is 2.96. The predicted molar refractivity (Wildman–Crippen MR) is 142 cm³/mol. The highest BCUT2D eigenvalue weighted by Crippen LogP contribution is 2.39. The molecule has 1 fully saturated rings. The van der Waals surface area contributed by atoms with E-state index >= 15 is 0 Å². The molecule has 0 bridgehead atoms. The van der Waals surface area contributed by atoms with E-state index in [2.05, 4.69) is 0 Å². The number of carbonyl (C=O) groups is 1. The zero-order chi connectivity index (χ0) is 25.4. The molecular weight excluding hydrogens is 474 g/mol. The highest BCUT2D eigenvalue weighted by Gasteiger charge is 2.44. The van der Waals surface area contributed by atoms with Crippen LogP contribution in [0.4, 0.5) is 5.69 Å². The molecule has 1 amide bonds. The fourth-order valence-electron chi connectivity index (χ4n) is 5.38. The maximum Gasteiger partial charge on any atom is 0.265 e. The Balaban J connectivity index is 1.54. The summed E-state index contributed by atoms with van der Waals surface area (Å²) < 4.78 is 29.5. The summed E-state index contributed by atoms with van der Waals surface area (Å²) in [5, 5.41) is 9.59. The molecule has 3 aromatic rings. The lowest BCUT2D eigenvalue weighted by molar-refractivity contribution is -0.133. The van der Waals surface area contributed by atoms with Crippen molar-refractivity contribution >= 4 is 38.2 Å². The van der Waals surface area contributed by atoms with Crippen LogP contribution in [0.2, 0.25) is 0 Å². The molecule has 0 spiro atoms. The molecule has 1 unspecified atom stereocenters. The number of fused-ring (bicyclic) bond motifs is 2. The molecule has 5 rings (SSSR count). The van der Waals surface area contributed by atoms with Crippen LogP contribution in [-0.4, -0.2) is 50.7 Å². The summed E-state index contributed by atoms with van der Waals surface area (Å²) in [6.45, 7) is 1.82. The first kappa shape index (κ1) is 24.3. The predicted octanol–water partition coefficient (Wildman–Crippen LogP) is 2.83. The number of likely N-dealkylation sites (tertiary alicyclic amines) is 1. The highest BCUT2D eigenvalue weighted by molar-refractivity contribution is 7.93. The molecule has 2 aliphatic rings. The van der Waals surface area contributed by atoms with Crippen molar-refractivity contribution < 1.29 is 13.2 Å². The van der Waals surface area contributed by atoms with Crippen molar-refractivity contribution in [1.29, 1.82) is 5.41 Å². The van der Waals surface area contributed by atoms with Crippen LogP contribution in [-0.2, 0) is 21.2 Å². The average molecular weight is 506 g/mol. The summed E-state index contributed by atoms with van der Waals surface area (Å²) in [5.41, 5.74) is 13.0. The average Bonchev–Trinajstić information content (AvgIpc) is 3.28. The van der Waals surface area contributed by atoms with E-state index in [-0.39, 0.29) is 23.1 Å². The number of nitrogen functional groups attached to an aromatic ring is 1. The number of amides is 1. The molecule has 0 saturated carbocycles. The van der Waals surface area contributed by atoms with Crippen LogP contribution in [0, 0.1) is 11.3 Å². The number of rotatable bonds is 6. The molecule has 36 heavy (non-hydrogen) atoms. The molecule has 188 valence electrons. The number of nitrogens with zero attached hydrogens (tertiary/aromatic N) is 2. The third-order valence-corrected chi connectivity index (χ3v) is 9.21. The number of nitrogens with one attached hydrogen (secondary N) is 1. The lowest BCUT2D eigenvalue weighted by Crippen LogP contribution is -2.51. The molecule has 8 nitrogen and oxygen atoms in total. The zero-order valence-corrected chi connectivity index (χ0v) is 20.9. The Morgan fingerprint density at radius 1 is 1.00 bits per heavy atom. The van der Waals surface area contributed by atoms with Gasteiger partial charge in [0.15, 0.2) is 0 Å². The number of anilines is 1. The first-order valence-corrected chi connectivity index (χ1v) is 13.7. The summed E-state index contributed by atoms with van der Waals surface area (Å²) in [6, 6.07) is 16.8. The first-order chi connectivity index (χ1) is 17.3. The first-order valence-electron chi connectivity index (χ1n) is 12.3. The molecule has 0 radical (unpaired) electrons. The van der Waals surface area contributed by atoms with Gasteiger partial charge in [-0.1, -0.05) is 42.5 Å². The van der Waals surface area contributed by atoms with E-state index in [0.717, 1.165) is 35.6 Å². The van der Waals surface area contributed by atoms with Crippen LogP contribution in [0.15, 0.2) is 65.6 Å². The number of carbonyl (C=O) groups excluding carboxylic acids is 1. The maximum absolute atomic E-state index is 14.1. The monoisotopic (exact) mass is 505 g/mol. The second-order valence-electron chi connectivity index (χ2n) is 9.63. The standard InChI is InChI=1S/C27H31N5O3S/c28-12-9-18-10-13-31(14-11-18)27(33)25-16-21-5-6-22(26(29)30)17-24(21)32(25)36(34,35)23-8-7-19-3-1-2-4-20(19)15-23/h1-8,15,17-18,25H,9-14,16,28H2,(H3,29,30). The summed E-state index contributed by atoms with van der Waals surface area (Å²) in [5.74, 6) is 0.152. The topological polar surface area (TPSA) is 134 Å². The van der Waals surface area contributed by atoms with E-state index < -0.39 is 16.1 Å². The van der Waals surface area contributed by atoms with Crippen molar-refractivity contribution in [2.24, 2.45) is 17.4 Å². The van der Waals surface area contributed by atoms with Crippen LogP contribution in [0.3, 0.4) is 0 Å². The molecule has 2 heterocycles. The quantitative estimate of drug-likeness (QED) is 0.350. The van der Waals surface area contributed by atoms with Gasteiger partial charge in [0.2, 0.25) is 5.91 Å². The molecule has 0 aromatic heterocycles. The van der Waals surface area contributed by atoms with Gasteiger partial charge in [-0.2, -0.15) is 0 Å². The number of benzene rings is 3. The molecule has 3 aromatic carbocycles. The number of nitrogens with two attached hydrogens (primary N) is 2. The van der Waals surface area contributed by atoms with Gasteiger partial charge in [0.05, 0.1) is 10.6 Å². The van der Waals surface area contributed by atoms with Crippen LogP contribution < -0.4 is 15.8 Å². The lowest BCUT2D eigenvalue weighted by atomic mass is 9.93. The minimum atomic E-state index is -4.08. The minimum Gasteiger partial charge on any atom is -0.384 e. The molecule has 1 atom stereocenters. The van der Waals surface area contributed by atoms with E-state index in [1.54, 1.807) is 41.3 Å². The lowest BCUT2D eigenvalue weighted by Gasteiger charge is -2.36. The van der Waals surface area contributed by atoms with Gasteiger partial charge in [0.1, 0.15) is 11.9 Å². The largest absolute Gasteiger partial charge is 0.384 e. The van der Waals surface area contributed by atoms with Crippen LogP contribution in [0.1, 0.15) is 30.4 Å². The summed E-state index contributed by atoms with van der Waals surface area (Å²) in [4.78, 5) is 15.7. The van der Waals surface area contributed by atoms with Crippen molar-refractivity contribution in [2.75, 3.05) is 23.9 Å². The fraction of sp³-hybridized carbons (Fsp3) is 0.333. The number of amidine groups is 1. The van der Waals surface area contributed by atoms with E-state index in [1.807, 2.05) is 24.3 Å². The van der Waals surface area contributed by atoms with Gasteiger partial charge in [0.25, 0.3) is 10.0 Å². The second kappa shape index (κ2) is 9.55. The van der Waals surface area contributed by atoms with Gasteiger partial charge >= 0.3 is 0 Å². The smallest absolute Gasteiger partial charge is 0.265 e. The molecule has 9 heteroatoms. The van der Waals surface area contributed by atoms with Crippen molar-refractivity contribution in [3.63, 3.8) is 0 Å². The number of piperidine rings is 1. The fourth-order valence-corrected chi connectivity index (χ4v) is 7.05. The van der Waals surface area contributed by atoms with Crippen LogP contribution in [0.5, 0.6) is 0 Å². The SMILES string of the molecule is N=C(N)c1ccc2c(c1)N(S(=O)(=O)c1ccc3ccccc3c1)C(C(=O)N1CCC(CCN)CC1)C2. The van der Waals surface area contributed by atoms with E-state index in [9.17, 15) is 13.2 Å². The van der Waals surface area contributed by atoms with Crippen LogP contribution in [0.25, 0.3) is 10.8 Å². The number of hydrogen-bond acceptors (Lipinski definition) is 5. The minimum absolute atomic E-state index is 0.127. The van der Waals surface area contributed by atoms with Crippen molar-refractivity contribution in [3.8, 4) is 0 Å². The van der Waals surface area contributed by atoms with Crippen molar-refractivity contribution in [3.05, 3.63) is 71.8 Å². The summed E-state index contributed by atoms with van der Waals surface area (Å²) in [7, 11) is -4.08. The van der Waals surface area contributed by atoms with Gasteiger partial charge in [-0.15, -0.1) is 0 Å².